The topological polar surface area (TPSA) is 41.1 Å². The number of hydrogen-bond acceptors (Lipinski definition) is 2. The number of benzene rings is 1. The molecular formula is C12H18N2O. The first-order valence-corrected chi connectivity index (χ1v) is 5.29. The fourth-order valence-electron chi connectivity index (χ4n) is 1.35. The number of anilines is 1. The third-order valence-corrected chi connectivity index (χ3v) is 2.22. The van der Waals surface area contributed by atoms with Crippen molar-refractivity contribution >= 4 is 11.6 Å². The molecule has 0 aliphatic carbocycles. The Morgan fingerprint density at radius 1 is 1.27 bits per heavy atom. The highest BCUT2D eigenvalue weighted by atomic mass is 16.1. The molecule has 0 saturated heterocycles. The molecule has 0 fully saturated rings. The molecule has 0 atom stereocenters. The molecule has 1 amide bonds. The number of amides is 1. The maximum absolute atomic E-state index is 11.0. The van der Waals surface area contributed by atoms with Crippen LogP contribution in [-0.2, 0) is 11.2 Å². The van der Waals surface area contributed by atoms with Gasteiger partial charge in [0, 0.05) is 12.7 Å². The zero-order valence-corrected chi connectivity index (χ0v) is 9.34. The Kier molecular flexibility index (Phi) is 4.68. The summed E-state index contributed by atoms with van der Waals surface area (Å²) >= 11 is 0. The smallest absolute Gasteiger partial charge is 0.239 e. The summed E-state index contributed by atoms with van der Waals surface area (Å²) in [4.78, 5) is 11.0. The number of carbonyl (C=O) groups is 1. The average Bonchev–Trinajstić information content (AvgIpc) is 2.28. The van der Waals surface area contributed by atoms with E-state index in [9.17, 15) is 4.79 Å². The van der Waals surface area contributed by atoms with Crippen molar-refractivity contribution in [2.24, 2.45) is 0 Å². The molecule has 0 bridgehead atoms. The van der Waals surface area contributed by atoms with Crippen molar-refractivity contribution < 1.29 is 4.79 Å². The highest BCUT2D eigenvalue weighted by Crippen LogP contribution is 2.10. The van der Waals surface area contributed by atoms with Gasteiger partial charge in [0.15, 0.2) is 0 Å². The van der Waals surface area contributed by atoms with Gasteiger partial charge >= 0.3 is 0 Å². The second-order valence-electron chi connectivity index (χ2n) is 3.47. The van der Waals surface area contributed by atoms with Crippen molar-refractivity contribution in [2.75, 3.05) is 18.9 Å². The SMILES string of the molecule is CCCc1ccc(NCC(=O)NC)cc1. The van der Waals surface area contributed by atoms with Gasteiger partial charge in [-0.2, -0.15) is 0 Å². The number of rotatable bonds is 5. The van der Waals surface area contributed by atoms with Gasteiger partial charge < -0.3 is 10.6 Å². The molecule has 0 spiro atoms. The first kappa shape index (κ1) is 11.6. The minimum atomic E-state index is -0.00682. The van der Waals surface area contributed by atoms with Gasteiger partial charge in [0.25, 0.3) is 0 Å². The van der Waals surface area contributed by atoms with E-state index in [0.29, 0.717) is 6.54 Å². The minimum absolute atomic E-state index is 0.00682. The zero-order chi connectivity index (χ0) is 11.1. The molecular weight excluding hydrogens is 188 g/mol. The van der Waals surface area contributed by atoms with Crippen LogP contribution in [0.25, 0.3) is 0 Å². The summed E-state index contributed by atoms with van der Waals surface area (Å²) in [6.07, 6.45) is 2.26. The molecule has 0 heterocycles. The highest BCUT2D eigenvalue weighted by molar-refractivity contribution is 5.80. The van der Waals surface area contributed by atoms with Crippen molar-refractivity contribution in [3.8, 4) is 0 Å². The van der Waals surface area contributed by atoms with E-state index in [2.05, 4.69) is 29.7 Å². The van der Waals surface area contributed by atoms with Crippen LogP contribution < -0.4 is 10.6 Å². The van der Waals surface area contributed by atoms with Gasteiger partial charge in [0.05, 0.1) is 6.54 Å². The Hall–Kier alpha value is -1.51. The second-order valence-corrected chi connectivity index (χ2v) is 3.47. The molecule has 0 aliphatic heterocycles. The molecule has 0 unspecified atom stereocenters. The first-order valence-electron chi connectivity index (χ1n) is 5.29. The molecule has 15 heavy (non-hydrogen) atoms. The predicted octanol–water partition coefficient (Wildman–Crippen LogP) is 1.80. The Balaban J connectivity index is 2.45. The van der Waals surface area contributed by atoms with Gasteiger partial charge in [-0.15, -0.1) is 0 Å². The van der Waals surface area contributed by atoms with Gasteiger partial charge in [0.2, 0.25) is 5.91 Å². The summed E-state index contributed by atoms with van der Waals surface area (Å²) in [5.41, 5.74) is 2.32. The Morgan fingerprint density at radius 3 is 2.47 bits per heavy atom. The average molecular weight is 206 g/mol. The van der Waals surface area contributed by atoms with Crippen LogP contribution in [0.2, 0.25) is 0 Å². The van der Waals surface area contributed by atoms with Gasteiger partial charge in [-0.25, -0.2) is 0 Å². The van der Waals surface area contributed by atoms with E-state index in [1.165, 1.54) is 5.56 Å². The number of carbonyl (C=O) groups excluding carboxylic acids is 1. The van der Waals surface area contributed by atoms with Gasteiger partial charge in [-0.1, -0.05) is 25.5 Å². The van der Waals surface area contributed by atoms with Crippen LogP contribution in [0.3, 0.4) is 0 Å². The number of hydrogen-bond donors (Lipinski definition) is 2. The molecule has 3 nitrogen and oxygen atoms in total. The van der Waals surface area contributed by atoms with Crippen molar-refractivity contribution in [3.63, 3.8) is 0 Å². The monoisotopic (exact) mass is 206 g/mol. The van der Waals surface area contributed by atoms with Crippen LogP contribution in [0, 0.1) is 0 Å². The van der Waals surface area contributed by atoms with Crippen LogP contribution in [0.15, 0.2) is 24.3 Å². The third kappa shape index (κ3) is 4.02. The summed E-state index contributed by atoms with van der Waals surface area (Å²) < 4.78 is 0. The number of likely N-dealkylation sites (N-methyl/N-ethyl adjacent to an activating group) is 1. The van der Waals surface area contributed by atoms with Crippen molar-refractivity contribution in [1.82, 2.24) is 5.32 Å². The maximum atomic E-state index is 11.0. The number of aryl methyl sites for hydroxylation is 1. The molecule has 1 aromatic carbocycles. The normalized spacial score (nSPS) is 9.73. The van der Waals surface area contributed by atoms with Crippen molar-refractivity contribution in [3.05, 3.63) is 29.8 Å². The minimum Gasteiger partial charge on any atom is -0.376 e. The molecule has 1 rings (SSSR count). The summed E-state index contributed by atoms with van der Waals surface area (Å²) in [6.45, 7) is 2.49. The van der Waals surface area contributed by atoms with Crippen LogP contribution in [0.4, 0.5) is 5.69 Å². The first-order chi connectivity index (χ1) is 7.26. The van der Waals surface area contributed by atoms with E-state index >= 15 is 0 Å². The molecule has 3 heteroatoms. The lowest BCUT2D eigenvalue weighted by Gasteiger charge is -2.06. The molecule has 82 valence electrons. The lowest BCUT2D eigenvalue weighted by molar-refractivity contribution is -0.118. The molecule has 1 aromatic rings. The second kappa shape index (κ2) is 6.06. The summed E-state index contributed by atoms with van der Waals surface area (Å²) in [6, 6.07) is 8.20. The Bertz CT molecular complexity index is 306. The van der Waals surface area contributed by atoms with E-state index in [0.717, 1.165) is 18.5 Å². The van der Waals surface area contributed by atoms with Gasteiger partial charge in [0.1, 0.15) is 0 Å². The largest absolute Gasteiger partial charge is 0.376 e. The molecule has 0 saturated carbocycles. The fraction of sp³-hybridized carbons (Fsp3) is 0.417. The van der Waals surface area contributed by atoms with Gasteiger partial charge in [-0.05, 0) is 24.1 Å². The lowest BCUT2D eigenvalue weighted by atomic mass is 10.1. The van der Waals surface area contributed by atoms with Crippen LogP contribution >= 0.6 is 0 Å². The molecule has 0 aromatic heterocycles. The fourth-order valence-corrected chi connectivity index (χ4v) is 1.35. The van der Waals surface area contributed by atoms with E-state index in [1.54, 1.807) is 7.05 Å². The summed E-state index contributed by atoms with van der Waals surface area (Å²) in [5, 5.41) is 5.62. The van der Waals surface area contributed by atoms with Crippen molar-refractivity contribution in [2.45, 2.75) is 19.8 Å². The lowest BCUT2D eigenvalue weighted by Crippen LogP contribution is -2.26. The quantitative estimate of drug-likeness (QED) is 0.771. The molecule has 0 aliphatic rings. The Labute approximate surface area is 90.9 Å². The third-order valence-electron chi connectivity index (χ3n) is 2.22. The van der Waals surface area contributed by atoms with E-state index < -0.39 is 0 Å². The summed E-state index contributed by atoms with van der Waals surface area (Å²) in [5.74, 6) is -0.00682. The van der Waals surface area contributed by atoms with Gasteiger partial charge in [-0.3, -0.25) is 4.79 Å². The van der Waals surface area contributed by atoms with Crippen LogP contribution in [0.1, 0.15) is 18.9 Å². The summed E-state index contributed by atoms with van der Waals surface area (Å²) in [7, 11) is 1.63. The molecule has 2 N–H and O–H groups in total. The maximum Gasteiger partial charge on any atom is 0.239 e. The van der Waals surface area contributed by atoms with E-state index in [1.807, 2.05) is 12.1 Å². The predicted molar refractivity (Wildman–Crippen MR) is 63.0 cm³/mol. The highest BCUT2D eigenvalue weighted by Gasteiger charge is 1.97. The van der Waals surface area contributed by atoms with Crippen LogP contribution in [0.5, 0.6) is 0 Å². The standard InChI is InChI=1S/C12H18N2O/c1-3-4-10-5-7-11(8-6-10)14-9-12(15)13-2/h5-8,14H,3-4,9H2,1-2H3,(H,13,15). The zero-order valence-electron chi connectivity index (χ0n) is 9.34. The Morgan fingerprint density at radius 2 is 1.93 bits per heavy atom. The number of nitrogens with one attached hydrogen (secondary N) is 2. The van der Waals surface area contributed by atoms with E-state index in [4.69, 9.17) is 0 Å². The van der Waals surface area contributed by atoms with Crippen LogP contribution in [-0.4, -0.2) is 19.5 Å². The molecule has 0 radical (unpaired) electrons. The van der Waals surface area contributed by atoms with Crippen molar-refractivity contribution in [1.29, 1.82) is 0 Å². The van der Waals surface area contributed by atoms with E-state index in [-0.39, 0.29) is 5.91 Å².